The van der Waals surface area contributed by atoms with Gasteiger partial charge in [0.25, 0.3) is 0 Å². The molecule has 0 amide bonds. The van der Waals surface area contributed by atoms with E-state index in [0.29, 0.717) is 5.69 Å². The van der Waals surface area contributed by atoms with E-state index >= 15 is 0 Å². The van der Waals surface area contributed by atoms with Gasteiger partial charge in [-0.15, -0.1) is 5.10 Å². The molecule has 72 valence electrons. The molecule has 6 heteroatoms. The van der Waals surface area contributed by atoms with Crippen LogP contribution in [0.5, 0.6) is 0 Å². The molecule has 0 spiro atoms. The molecule has 0 fully saturated rings. The van der Waals surface area contributed by atoms with Crippen LogP contribution in [0.1, 0.15) is 0 Å². The quantitative estimate of drug-likeness (QED) is 0.719. The summed E-state index contributed by atoms with van der Waals surface area (Å²) in [6, 6.07) is 3.28. The second-order valence-electron chi connectivity index (χ2n) is 2.78. The number of aromatic nitrogens is 4. The molecule has 0 aliphatic rings. The summed E-state index contributed by atoms with van der Waals surface area (Å²) < 4.78 is 14.7. The molecule has 0 aromatic carbocycles. The van der Waals surface area contributed by atoms with Gasteiger partial charge in [0, 0.05) is 13.2 Å². The number of anilines is 1. The standard InChI is InChI=1S/C8H8FN5/c1-14-8(10)6(9)7(13-14)5-3-2-4-11-12-5/h2-4H,10H2,1H3. The van der Waals surface area contributed by atoms with Crippen molar-refractivity contribution in [3.63, 3.8) is 0 Å². The van der Waals surface area contributed by atoms with E-state index in [0.717, 1.165) is 0 Å². The Bertz CT molecular complexity index is 450. The molecule has 0 bridgehead atoms. The Hall–Kier alpha value is -1.98. The molecular weight excluding hydrogens is 185 g/mol. The fourth-order valence-corrected chi connectivity index (χ4v) is 1.10. The summed E-state index contributed by atoms with van der Waals surface area (Å²) in [7, 11) is 1.57. The Kier molecular flexibility index (Phi) is 1.88. The molecule has 0 saturated carbocycles. The number of rotatable bonds is 1. The zero-order valence-corrected chi connectivity index (χ0v) is 7.48. The number of nitrogen functional groups attached to an aromatic ring is 1. The second kappa shape index (κ2) is 3.06. The minimum atomic E-state index is -0.562. The molecule has 2 N–H and O–H groups in total. The molecule has 2 heterocycles. The number of nitrogens with two attached hydrogens (primary N) is 1. The molecule has 0 aliphatic carbocycles. The highest BCUT2D eigenvalue weighted by Crippen LogP contribution is 2.21. The summed E-state index contributed by atoms with van der Waals surface area (Å²) in [6.45, 7) is 0. The molecule has 0 radical (unpaired) electrons. The Morgan fingerprint density at radius 2 is 2.29 bits per heavy atom. The van der Waals surface area contributed by atoms with Crippen molar-refractivity contribution in [2.24, 2.45) is 7.05 Å². The van der Waals surface area contributed by atoms with Crippen LogP contribution in [0.3, 0.4) is 0 Å². The summed E-state index contributed by atoms with van der Waals surface area (Å²) in [6.07, 6.45) is 1.51. The molecule has 0 aliphatic heterocycles. The van der Waals surface area contributed by atoms with Gasteiger partial charge in [0.15, 0.2) is 17.3 Å². The lowest BCUT2D eigenvalue weighted by Crippen LogP contribution is -1.97. The SMILES string of the molecule is Cn1nc(-c2cccnn2)c(F)c1N. The Morgan fingerprint density at radius 1 is 1.50 bits per heavy atom. The largest absolute Gasteiger partial charge is 0.381 e. The second-order valence-corrected chi connectivity index (χ2v) is 2.78. The van der Waals surface area contributed by atoms with Crippen molar-refractivity contribution < 1.29 is 4.39 Å². The third-order valence-electron chi connectivity index (χ3n) is 1.85. The van der Waals surface area contributed by atoms with Gasteiger partial charge < -0.3 is 5.73 Å². The fourth-order valence-electron chi connectivity index (χ4n) is 1.10. The lowest BCUT2D eigenvalue weighted by Gasteiger charge is -1.91. The van der Waals surface area contributed by atoms with E-state index in [9.17, 15) is 4.39 Å². The summed E-state index contributed by atoms with van der Waals surface area (Å²) >= 11 is 0. The average molecular weight is 193 g/mol. The van der Waals surface area contributed by atoms with Crippen molar-refractivity contribution in [1.82, 2.24) is 20.0 Å². The fraction of sp³-hybridized carbons (Fsp3) is 0.125. The van der Waals surface area contributed by atoms with Gasteiger partial charge in [-0.1, -0.05) is 0 Å². The summed E-state index contributed by atoms with van der Waals surface area (Å²) in [5.41, 5.74) is 5.91. The molecule has 2 aromatic heterocycles. The highest BCUT2D eigenvalue weighted by atomic mass is 19.1. The van der Waals surface area contributed by atoms with Crippen LogP contribution in [0, 0.1) is 5.82 Å². The van der Waals surface area contributed by atoms with Gasteiger partial charge in [0.1, 0.15) is 5.69 Å². The number of nitrogens with zero attached hydrogens (tertiary/aromatic N) is 4. The van der Waals surface area contributed by atoms with Crippen molar-refractivity contribution in [2.45, 2.75) is 0 Å². The van der Waals surface area contributed by atoms with Crippen LogP contribution in [0.15, 0.2) is 18.3 Å². The van der Waals surface area contributed by atoms with E-state index < -0.39 is 5.82 Å². The van der Waals surface area contributed by atoms with Gasteiger partial charge >= 0.3 is 0 Å². The zero-order valence-electron chi connectivity index (χ0n) is 7.48. The van der Waals surface area contributed by atoms with Gasteiger partial charge in [-0.25, -0.2) is 9.07 Å². The maximum absolute atomic E-state index is 13.4. The van der Waals surface area contributed by atoms with Gasteiger partial charge in [-0.2, -0.15) is 10.2 Å². The minimum Gasteiger partial charge on any atom is -0.381 e. The molecular formula is C8H8FN5. The maximum Gasteiger partial charge on any atom is 0.194 e. The van der Waals surface area contributed by atoms with Crippen LogP contribution in [0.25, 0.3) is 11.4 Å². The summed E-state index contributed by atoms with van der Waals surface area (Å²) in [5.74, 6) is -0.571. The Labute approximate surface area is 79.4 Å². The molecule has 0 saturated heterocycles. The number of aryl methyl sites for hydroxylation is 1. The number of halogens is 1. The van der Waals surface area contributed by atoms with E-state index in [2.05, 4.69) is 15.3 Å². The first-order chi connectivity index (χ1) is 6.70. The summed E-state index contributed by atoms with van der Waals surface area (Å²) in [5, 5.41) is 11.3. The van der Waals surface area contributed by atoms with E-state index in [1.165, 1.54) is 10.9 Å². The van der Waals surface area contributed by atoms with Crippen molar-refractivity contribution in [3.8, 4) is 11.4 Å². The first kappa shape index (κ1) is 8.61. The maximum atomic E-state index is 13.4. The van der Waals surface area contributed by atoms with Crippen LogP contribution < -0.4 is 5.73 Å². The topological polar surface area (TPSA) is 69.6 Å². The van der Waals surface area contributed by atoms with Crippen LogP contribution in [0.4, 0.5) is 10.2 Å². The van der Waals surface area contributed by atoms with Gasteiger partial charge in [-0.05, 0) is 12.1 Å². The lowest BCUT2D eigenvalue weighted by molar-refractivity contribution is 0.633. The van der Waals surface area contributed by atoms with Crippen molar-refractivity contribution in [1.29, 1.82) is 0 Å². The molecule has 14 heavy (non-hydrogen) atoms. The molecule has 0 atom stereocenters. The van der Waals surface area contributed by atoms with Crippen LogP contribution in [-0.2, 0) is 7.05 Å². The van der Waals surface area contributed by atoms with Crippen LogP contribution in [-0.4, -0.2) is 20.0 Å². The molecule has 5 nitrogen and oxygen atoms in total. The summed E-state index contributed by atoms with van der Waals surface area (Å²) in [4.78, 5) is 0. The highest BCUT2D eigenvalue weighted by Gasteiger charge is 2.15. The number of hydrogen-bond acceptors (Lipinski definition) is 4. The van der Waals surface area contributed by atoms with E-state index in [4.69, 9.17) is 5.73 Å². The minimum absolute atomic E-state index is 0.00865. The van der Waals surface area contributed by atoms with Crippen molar-refractivity contribution >= 4 is 5.82 Å². The third-order valence-corrected chi connectivity index (χ3v) is 1.85. The predicted molar refractivity (Wildman–Crippen MR) is 48.6 cm³/mol. The zero-order chi connectivity index (χ0) is 10.1. The van der Waals surface area contributed by atoms with E-state index in [1.54, 1.807) is 19.2 Å². The lowest BCUT2D eigenvalue weighted by atomic mass is 10.3. The van der Waals surface area contributed by atoms with Crippen LogP contribution in [0.2, 0.25) is 0 Å². The first-order valence-corrected chi connectivity index (χ1v) is 3.96. The normalized spacial score (nSPS) is 10.4. The smallest absolute Gasteiger partial charge is 0.194 e. The molecule has 0 unspecified atom stereocenters. The van der Waals surface area contributed by atoms with Crippen molar-refractivity contribution in [2.75, 3.05) is 5.73 Å². The van der Waals surface area contributed by atoms with E-state index in [-0.39, 0.29) is 11.5 Å². The first-order valence-electron chi connectivity index (χ1n) is 3.96. The number of hydrogen-bond donors (Lipinski definition) is 1. The third kappa shape index (κ3) is 1.20. The van der Waals surface area contributed by atoms with Gasteiger partial charge in [-0.3, -0.25) is 0 Å². The average Bonchev–Trinajstić information content (AvgIpc) is 2.47. The Balaban J connectivity index is 2.58. The van der Waals surface area contributed by atoms with Crippen LogP contribution >= 0.6 is 0 Å². The molecule has 2 rings (SSSR count). The Morgan fingerprint density at radius 3 is 2.79 bits per heavy atom. The highest BCUT2D eigenvalue weighted by molar-refractivity contribution is 5.58. The molecule has 2 aromatic rings. The van der Waals surface area contributed by atoms with E-state index in [1.807, 2.05) is 0 Å². The monoisotopic (exact) mass is 193 g/mol. The van der Waals surface area contributed by atoms with Gasteiger partial charge in [0.2, 0.25) is 0 Å². The van der Waals surface area contributed by atoms with Crippen molar-refractivity contribution in [3.05, 3.63) is 24.1 Å². The van der Waals surface area contributed by atoms with Gasteiger partial charge in [0.05, 0.1) is 0 Å². The predicted octanol–water partition coefficient (Wildman–Crippen LogP) is 0.598.